The summed E-state index contributed by atoms with van der Waals surface area (Å²) in [6.07, 6.45) is -0.671. The minimum atomic E-state index is -2.56. The van der Waals surface area contributed by atoms with Crippen LogP contribution in [-0.4, -0.2) is 88.1 Å². The zero-order chi connectivity index (χ0) is 26.1. The van der Waals surface area contributed by atoms with Crippen LogP contribution in [0.3, 0.4) is 0 Å². The molecule has 9 nitrogen and oxygen atoms in total. The minimum Gasteiger partial charge on any atom is -0.479 e. The molecule has 0 amide bonds. The number of rotatable bonds is 9. The number of halogens is 4. The fourth-order valence-electron chi connectivity index (χ4n) is 4.73. The van der Waals surface area contributed by atoms with Crippen LogP contribution in [0.15, 0.2) is 30.7 Å². The number of benzene rings is 1. The molecule has 2 atom stereocenters. The first-order valence-corrected chi connectivity index (χ1v) is 11.9. The lowest BCUT2D eigenvalue weighted by Gasteiger charge is -2.34. The van der Waals surface area contributed by atoms with Crippen LogP contribution in [0.4, 0.5) is 23.5 Å². The highest BCUT2D eigenvalue weighted by atomic mass is 19.3. The highest BCUT2D eigenvalue weighted by Crippen LogP contribution is 2.35. The maximum absolute atomic E-state index is 15.3. The second-order valence-corrected chi connectivity index (χ2v) is 8.93. The van der Waals surface area contributed by atoms with Gasteiger partial charge in [0.1, 0.15) is 11.7 Å². The van der Waals surface area contributed by atoms with Crippen molar-refractivity contribution in [1.29, 1.82) is 0 Å². The average molecular weight is 522 g/mol. The fourth-order valence-corrected chi connectivity index (χ4v) is 4.73. The number of anilines is 1. The van der Waals surface area contributed by atoms with Crippen LogP contribution in [0.25, 0.3) is 27.7 Å². The molecule has 198 valence electrons. The van der Waals surface area contributed by atoms with E-state index in [9.17, 15) is 13.2 Å². The Balaban J connectivity index is 1.46. The number of ether oxygens (including phenoxy) is 2. The Bertz CT molecular complexity index is 1390. The van der Waals surface area contributed by atoms with Gasteiger partial charge >= 0.3 is 0 Å². The third-order valence-electron chi connectivity index (χ3n) is 6.54. The van der Waals surface area contributed by atoms with Gasteiger partial charge in [0.25, 0.3) is 6.43 Å². The number of methoxy groups -OCH3 is 2. The van der Waals surface area contributed by atoms with Crippen molar-refractivity contribution in [3.8, 4) is 17.0 Å². The molecule has 1 saturated heterocycles. The summed E-state index contributed by atoms with van der Waals surface area (Å²) < 4.78 is 69.2. The molecule has 0 radical (unpaired) electrons. The Morgan fingerprint density at radius 1 is 1.24 bits per heavy atom. The van der Waals surface area contributed by atoms with E-state index in [1.165, 1.54) is 28.7 Å². The Hall–Kier alpha value is -3.45. The van der Waals surface area contributed by atoms with Crippen molar-refractivity contribution < 1.29 is 27.0 Å². The van der Waals surface area contributed by atoms with Gasteiger partial charge in [-0.05, 0) is 24.1 Å². The summed E-state index contributed by atoms with van der Waals surface area (Å²) in [4.78, 5) is 10.5. The molecule has 3 aromatic heterocycles. The van der Waals surface area contributed by atoms with Crippen molar-refractivity contribution >= 4 is 22.5 Å². The van der Waals surface area contributed by atoms with Crippen molar-refractivity contribution in [3.63, 3.8) is 0 Å². The lowest BCUT2D eigenvalue weighted by atomic mass is 10.0. The van der Waals surface area contributed by atoms with Crippen molar-refractivity contribution in [3.05, 3.63) is 36.5 Å². The Kier molecular flexibility index (Phi) is 7.15. The third-order valence-corrected chi connectivity index (χ3v) is 6.54. The SMILES string of the molecule is COCCN1CC[C@@H](Nc2nc(OC)c3c(-c4ccc5ncn(CC(F)F)c5c4)c(F)cn3n2)[C@@H](F)C1. The van der Waals surface area contributed by atoms with Crippen LogP contribution in [-0.2, 0) is 11.3 Å². The van der Waals surface area contributed by atoms with E-state index in [-0.39, 0.29) is 29.5 Å². The molecule has 1 N–H and O–H groups in total. The number of alkyl halides is 3. The van der Waals surface area contributed by atoms with Gasteiger partial charge in [-0.2, -0.15) is 4.98 Å². The van der Waals surface area contributed by atoms with Gasteiger partial charge < -0.3 is 19.4 Å². The zero-order valence-corrected chi connectivity index (χ0v) is 20.4. The van der Waals surface area contributed by atoms with Crippen molar-refractivity contribution in [2.24, 2.45) is 0 Å². The molecule has 0 aliphatic carbocycles. The van der Waals surface area contributed by atoms with Gasteiger partial charge in [-0.3, -0.25) is 4.90 Å². The van der Waals surface area contributed by atoms with Gasteiger partial charge in [0, 0.05) is 26.7 Å². The number of piperidine rings is 1. The number of likely N-dealkylation sites (tertiary alicyclic amines) is 1. The molecule has 1 aromatic carbocycles. The molecule has 4 aromatic rings. The molecular weight excluding hydrogens is 494 g/mol. The van der Waals surface area contributed by atoms with E-state index < -0.39 is 31.0 Å². The van der Waals surface area contributed by atoms with E-state index in [1.807, 2.05) is 4.90 Å². The van der Waals surface area contributed by atoms with E-state index in [0.29, 0.717) is 42.7 Å². The van der Waals surface area contributed by atoms with Gasteiger partial charge in [0.05, 0.1) is 55.4 Å². The Morgan fingerprint density at radius 2 is 2.08 bits per heavy atom. The Morgan fingerprint density at radius 3 is 2.81 bits per heavy atom. The highest BCUT2D eigenvalue weighted by molar-refractivity contribution is 5.90. The number of fused-ring (bicyclic) bond motifs is 2. The molecule has 37 heavy (non-hydrogen) atoms. The minimum absolute atomic E-state index is 0.0884. The van der Waals surface area contributed by atoms with Gasteiger partial charge in [0.15, 0.2) is 5.82 Å². The van der Waals surface area contributed by atoms with Gasteiger partial charge in [-0.25, -0.2) is 27.1 Å². The summed E-state index contributed by atoms with van der Waals surface area (Å²) in [7, 11) is 3.01. The number of hydrogen-bond donors (Lipinski definition) is 1. The van der Waals surface area contributed by atoms with E-state index in [2.05, 4.69) is 20.4 Å². The van der Waals surface area contributed by atoms with Crippen LogP contribution in [0, 0.1) is 5.82 Å². The van der Waals surface area contributed by atoms with Gasteiger partial charge in [-0.1, -0.05) is 6.07 Å². The molecule has 1 aliphatic heterocycles. The number of nitrogens with zero attached hydrogens (tertiary/aromatic N) is 6. The van der Waals surface area contributed by atoms with Crippen LogP contribution in [0.1, 0.15) is 6.42 Å². The fraction of sp³-hybridized carbons (Fsp3) is 0.458. The summed E-state index contributed by atoms with van der Waals surface area (Å²) in [6, 6.07) is 4.37. The van der Waals surface area contributed by atoms with E-state index in [1.54, 1.807) is 25.3 Å². The van der Waals surface area contributed by atoms with Crippen LogP contribution < -0.4 is 10.1 Å². The number of aromatic nitrogens is 5. The predicted molar refractivity (Wildman–Crippen MR) is 129 cm³/mol. The van der Waals surface area contributed by atoms with Crippen molar-refractivity contribution in [2.75, 3.05) is 45.8 Å². The molecule has 1 aliphatic rings. The van der Waals surface area contributed by atoms with Crippen molar-refractivity contribution in [1.82, 2.24) is 29.0 Å². The number of imidazole rings is 1. The first-order chi connectivity index (χ1) is 17.9. The third kappa shape index (κ3) is 5.05. The quantitative estimate of drug-likeness (QED) is 0.337. The molecule has 5 rings (SSSR count). The summed E-state index contributed by atoms with van der Waals surface area (Å²) in [5.41, 5.74) is 1.80. The predicted octanol–water partition coefficient (Wildman–Crippen LogP) is 3.63. The number of nitrogens with one attached hydrogen (secondary N) is 1. The molecular formula is C24H27F4N7O2. The van der Waals surface area contributed by atoms with Crippen molar-refractivity contribution in [2.45, 2.75) is 31.6 Å². The zero-order valence-electron chi connectivity index (χ0n) is 20.4. The average Bonchev–Trinajstić information content (AvgIpc) is 3.42. The molecule has 1 fully saturated rings. The standard InChI is InChI=1S/C24H27F4N7O2/c1-36-8-7-33-6-5-17(15(25)10-33)30-24-31-23(37-2)22-21(16(26)11-35(22)32-24)14-3-4-18-19(9-14)34(13-29-18)12-20(27)28/h3-4,9,11,13,15,17,20H,5-8,10,12H2,1-2H3,(H,30,32)/t15-,17+/m0/s1. The smallest absolute Gasteiger partial charge is 0.256 e. The van der Waals surface area contributed by atoms with Gasteiger partial charge in [0.2, 0.25) is 11.8 Å². The second-order valence-electron chi connectivity index (χ2n) is 8.93. The normalized spacial score (nSPS) is 18.8. The highest BCUT2D eigenvalue weighted by Gasteiger charge is 2.30. The topological polar surface area (TPSA) is 81.7 Å². The largest absolute Gasteiger partial charge is 0.479 e. The maximum atomic E-state index is 15.3. The van der Waals surface area contributed by atoms with E-state index >= 15 is 4.39 Å². The Labute approximate surface area is 210 Å². The van der Waals surface area contributed by atoms with E-state index in [4.69, 9.17) is 9.47 Å². The summed E-state index contributed by atoms with van der Waals surface area (Å²) >= 11 is 0. The lowest BCUT2D eigenvalue weighted by Crippen LogP contribution is -2.48. The molecule has 0 bridgehead atoms. The van der Waals surface area contributed by atoms with Gasteiger partial charge in [-0.15, -0.1) is 5.10 Å². The summed E-state index contributed by atoms with van der Waals surface area (Å²) in [6.45, 7) is 1.60. The molecule has 4 heterocycles. The first-order valence-electron chi connectivity index (χ1n) is 11.9. The number of hydrogen-bond acceptors (Lipinski definition) is 7. The molecule has 0 unspecified atom stereocenters. The summed E-state index contributed by atoms with van der Waals surface area (Å²) in [5, 5.41) is 7.38. The summed E-state index contributed by atoms with van der Waals surface area (Å²) in [5.74, 6) is -0.404. The second kappa shape index (κ2) is 10.5. The molecule has 0 spiro atoms. The lowest BCUT2D eigenvalue weighted by molar-refractivity contribution is 0.0918. The molecule has 13 heteroatoms. The first kappa shape index (κ1) is 25.2. The maximum Gasteiger partial charge on any atom is 0.256 e. The molecule has 0 saturated carbocycles. The van der Waals surface area contributed by atoms with E-state index in [0.717, 1.165) is 0 Å². The monoisotopic (exact) mass is 521 g/mol. The van der Waals surface area contributed by atoms with Crippen LogP contribution in [0.5, 0.6) is 5.88 Å². The van der Waals surface area contributed by atoms with Crippen LogP contribution >= 0.6 is 0 Å². The van der Waals surface area contributed by atoms with Crippen LogP contribution in [0.2, 0.25) is 0 Å².